The monoisotopic (exact) mass is 162 g/mol. The molecule has 0 aromatic carbocycles. The average Bonchev–Trinajstić information content (AvgIpc) is 2.40. The fourth-order valence-electron chi connectivity index (χ4n) is 1.68. The summed E-state index contributed by atoms with van der Waals surface area (Å²) in [6.07, 6.45) is -5.94. The van der Waals surface area contributed by atoms with Crippen LogP contribution in [0.4, 0.5) is 0 Å². The fourth-order valence-corrected chi connectivity index (χ4v) is 1.68. The van der Waals surface area contributed by atoms with Gasteiger partial charge in [-0.1, -0.05) is 0 Å². The highest BCUT2D eigenvalue weighted by Gasteiger charge is 2.58. The molecule has 0 aliphatic carbocycles. The Balaban J connectivity index is 2.21. The van der Waals surface area contributed by atoms with Gasteiger partial charge in [0.05, 0.1) is 0 Å². The van der Waals surface area contributed by atoms with E-state index in [1.807, 2.05) is 0 Å². The van der Waals surface area contributed by atoms with Crippen LogP contribution in [0, 0.1) is 0 Å². The van der Waals surface area contributed by atoms with Gasteiger partial charge in [-0.25, -0.2) is 0 Å². The second-order valence-electron chi connectivity index (χ2n) is 3.03. The van der Waals surface area contributed by atoms with Crippen molar-refractivity contribution in [1.29, 1.82) is 0 Å². The van der Waals surface area contributed by atoms with Gasteiger partial charge in [-0.3, -0.25) is 0 Å². The first kappa shape index (κ1) is 7.45. The van der Waals surface area contributed by atoms with Gasteiger partial charge in [0.1, 0.15) is 36.6 Å². The highest BCUT2D eigenvalue weighted by Crippen LogP contribution is 2.35. The molecule has 5 heteroatoms. The molecule has 2 rings (SSSR count). The Hall–Kier alpha value is -0.200. The van der Waals surface area contributed by atoms with E-state index in [0.29, 0.717) is 0 Å². The van der Waals surface area contributed by atoms with Crippen molar-refractivity contribution >= 4 is 0 Å². The molecule has 2 saturated heterocycles. The topological polar surface area (TPSA) is 90.2 Å². The predicted octanol–water partition coefficient (Wildman–Crippen LogP) is -2.79. The molecule has 6 atom stereocenters. The van der Waals surface area contributed by atoms with Crippen molar-refractivity contribution in [1.82, 2.24) is 0 Å². The molecule has 2 aliphatic heterocycles. The van der Waals surface area contributed by atoms with E-state index >= 15 is 0 Å². The van der Waals surface area contributed by atoms with E-state index in [1.54, 1.807) is 0 Å². The first-order chi connectivity index (χ1) is 5.13. The van der Waals surface area contributed by atoms with Crippen LogP contribution in [0.25, 0.3) is 0 Å². The lowest BCUT2D eigenvalue weighted by Crippen LogP contribution is -2.52. The maximum Gasteiger partial charge on any atom is 0.115 e. The first-order valence-corrected chi connectivity index (χ1v) is 3.50. The molecular formula is C6H10O5. The van der Waals surface area contributed by atoms with Crippen LogP contribution in [0.5, 0.6) is 0 Å². The van der Waals surface area contributed by atoms with Crippen LogP contribution in [-0.2, 0) is 4.74 Å². The van der Waals surface area contributed by atoms with Gasteiger partial charge in [0.25, 0.3) is 0 Å². The molecule has 0 radical (unpaired) electrons. The number of ether oxygens (including phenoxy) is 1. The second-order valence-corrected chi connectivity index (χ2v) is 3.03. The Bertz CT molecular complexity index is 138. The lowest BCUT2D eigenvalue weighted by Gasteiger charge is -2.26. The third-order valence-electron chi connectivity index (χ3n) is 2.36. The van der Waals surface area contributed by atoms with Gasteiger partial charge in [0.2, 0.25) is 0 Å². The molecule has 2 heterocycles. The molecular weight excluding hydrogens is 152 g/mol. The Morgan fingerprint density at radius 2 is 0.909 bits per heavy atom. The van der Waals surface area contributed by atoms with Crippen molar-refractivity contribution in [2.75, 3.05) is 0 Å². The Morgan fingerprint density at radius 1 is 0.636 bits per heavy atom. The molecule has 0 amide bonds. The maximum absolute atomic E-state index is 9.13. The van der Waals surface area contributed by atoms with Crippen molar-refractivity contribution in [2.24, 2.45) is 0 Å². The zero-order valence-corrected chi connectivity index (χ0v) is 5.66. The molecule has 0 aromatic rings. The highest BCUT2D eigenvalue weighted by molar-refractivity contribution is 5.07. The average molecular weight is 162 g/mol. The van der Waals surface area contributed by atoms with Crippen molar-refractivity contribution < 1.29 is 25.2 Å². The van der Waals surface area contributed by atoms with Gasteiger partial charge >= 0.3 is 0 Å². The van der Waals surface area contributed by atoms with E-state index in [9.17, 15) is 0 Å². The summed E-state index contributed by atoms with van der Waals surface area (Å²) < 4.78 is 4.92. The lowest BCUT2D eigenvalue weighted by atomic mass is 9.90. The zero-order valence-electron chi connectivity index (χ0n) is 5.66. The number of hydrogen-bond acceptors (Lipinski definition) is 5. The van der Waals surface area contributed by atoms with Crippen molar-refractivity contribution in [2.45, 2.75) is 36.6 Å². The third kappa shape index (κ3) is 0.771. The molecule has 2 fully saturated rings. The van der Waals surface area contributed by atoms with Crippen molar-refractivity contribution in [3.63, 3.8) is 0 Å². The van der Waals surface area contributed by atoms with E-state index in [0.717, 1.165) is 0 Å². The Morgan fingerprint density at radius 3 is 1.09 bits per heavy atom. The van der Waals surface area contributed by atoms with Gasteiger partial charge in [0, 0.05) is 0 Å². The molecule has 0 spiro atoms. The minimum atomic E-state index is -1.07. The standard InChI is InChI=1S/C6H10O5/c7-1-2(8)6-4(10)3(9)5(1)11-6/h1-10H/t1-,2+,3+,4-,5?,6?. The van der Waals surface area contributed by atoms with Crippen LogP contribution < -0.4 is 0 Å². The molecule has 5 nitrogen and oxygen atoms in total. The van der Waals surface area contributed by atoms with Gasteiger partial charge in [0.15, 0.2) is 0 Å². The third-order valence-corrected chi connectivity index (χ3v) is 2.36. The van der Waals surface area contributed by atoms with Crippen LogP contribution in [-0.4, -0.2) is 57.0 Å². The Labute approximate surface area is 62.8 Å². The quantitative estimate of drug-likeness (QED) is 0.309. The van der Waals surface area contributed by atoms with Gasteiger partial charge in [-0.15, -0.1) is 0 Å². The minimum absolute atomic E-state index is 0.829. The number of fused-ring (bicyclic) bond motifs is 2. The Kier molecular flexibility index (Phi) is 1.45. The van der Waals surface area contributed by atoms with Gasteiger partial charge in [-0.05, 0) is 0 Å². The molecule has 2 bridgehead atoms. The summed E-state index contributed by atoms with van der Waals surface area (Å²) in [6, 6.07) is 0. The van der Waals surface area contributed by atoms with Crippen LogP contribution >= 0.6 is 0 Å². The van der Waals surface area contributed by atoms with E-state index in [1.165, 1.54) is 0 Å². The largest absolute Gasteiger partial charge is 0.387 e. The summed E-state index contributed by atoms with van der Waals surface area (Å²) in [7, 11) is 0. The van der Waals surface area contributed by atoms with Crippen molar-refractivity contribution in [3.05, 3.63) is 0 Å². The molecule has 2 aliphatic rings. The molecule has 11 heavy (non-hydrogen) atoms. The van der Waals surface area contributed by atoms with E-state index < -0.39 is 36.6 Å². The van der Waals surface area contributed by atoms with Crippen LogP contribution in [0.1, 0.15) is 0 Å². The summed E-state index contributed by atoms with van der Waals surface area (Å²) in [6.45, 7) is 0. The number of aliphatic hydroxyl groups excluding tert-OH is 4. The maximum atomic E-state index is 9.13. The SMILES string of the molecule is O[C@@H]1C2OC([C@@H](O)[C@H]2O)[C@@H]1O. The summed E-state index contributed by atoms with van der Waals surface area (Å²) >= 11 is 0. The van der Waals surface area contributed by atoms with Gasteiger partial charge < -0.3 is 25.2 Å². The van der Waals surface area contributed by atoms with Crippen LogP contribution in [0.15, 0.2) is 0 Å². The number of rotatable bonds is 0. The highest BCUT2D eigenvalue weighted by atomic mass is 16.6. The molecule has 0 aromatic heterocycles. The molecule has 0 saturated carbocycles. The van der Waals surface area contributed by atoms with E-state index in [4.69, 9.17) is 25.2 Å². The summed E-state index contributed by atoms with van der Waals surface area (Å²) in [5.74, 6) is 0. The minimum Gasteiger partial charge on any atom is -0.387 e. The van der Waals surface area contributed by atoms with E-state index in [-0.39, 0.29) is 0 Å². The van der Waals surface area contributed by atoms with Gasteiger partial charge in [-0.2, -0.15) is 0 Å². The fraction of sp³-hybridized carbons (Fsp3) is 1.00. The van der Waals surface area contributed by atoms with E-state index in [2.05, 4.69) is 0 Å². The summed E-state index contributed by atoms with van der Waals surface area (Å²) in [5.41, 5.74) is 0. The normalized spacial score (nSPS) is 62.2. The molecule has 4 N–H and O–H groups in total. The lowest BCUT2D eigenvalue weighted by molar-refractivity contribution is -0.0819. The summed E-state index contributed by atoms with van der Waals surface area (Å²) in [4.78, 5) is 0. The predicted molar refractivity (Wildman–Crippen MR) is 32.7 cm³/mol. The smallest absolute Gasteiger partial charge is 0.115 e. The number of hydrogen-bond donors (Lipinski definition) is 4. The molecule has 64 valence electrons. The first-order valence-electron chi connectivity index (χ1n) is 3.50. The molecule has 2 unspecified atom stereocenters. The number of aliphatic hydroxyl groups is 4. The van der Waals surface area contributed by atoms with Crippen LogP contribution in [0.2, 0.25) is 0 Å². The zero-order chi connectivity index (χ0) is 8.17. The summed E-state index contributed by atoms with van der Waals surface area (Å²) in [5, 5.41) is 36.5. The van der Waals surface area contributed by atoms with Crippen molar-refractivity contribution in [3.8, 4) is 0 Å². The van der Waals surface area contributed by atoms with Crippen LogP contribution in [0.3, 0.4) is 0 Å². The second kappa shape index (κ2) is 2.15.